The van der Waals surface area contributed by atoms with E-state index in [0.29, 0.717) is 30.1 Å². The van der Waals surface area contributed by atoms with Gasteiger partial charge in [-0.3, -0.25) is 4.79 Å². The molecule has 1 amide bonds. The van der Waals surface area contributed by atoms with Crippen LogP contribution >= 0.6 is 11.8 Å². The van der Waals surface area contributed by atoms with E-state index in [4.69, 9.17) is 13.9 Å². The number of rotatable bonds is 13. The van der Waals surface area contributed by atoms with Crippen LogP contribution in [0.25, 0.3) is 22.5 Å². The predicted octanol–water partition coefficient (Wildman–Crippen LogP) is 3.70. The second-order valence-corrected chi connectivity index (χ2v) is 10.3. The number of carbonyl (C=O) groups is 2. The molecule has 9 heteroatoms. The van der Waals surface area contributed by atoms with Gasteiger partial charge in [0, 0.05) is 11.1 Å². The summed E-state index contributed by atoms with van der Waals surface area (Å²) in [5, 5.41) is 12.3. The van der Waals surface area contributed by atoms with Gasteiger partial charge in [-0.25, -0.2) is 4.79 Å². The van der Waals surface area contributed by atoms with E-state index in [-0.39, 0.29) is 26.9 Å². The van der Waals surface area contributed by atoms with Gasteiger partial charge < -0.3 is 25.7 Å². The Labute approximate surface area is 258 Å². The number of carboxylic acid groups (broad SMARTS) is 1. The van der Waals surface area contributed by atoms with Crippen molar-refractivity contribution >= 4 is 23.6 Å². The Morgan fingerprint density at radius 2 is 1.80 bits per heavy atom. The number of amides is 1. The normalized spacial score (nSPS) is 11.4. The monoisotopic (exact) mass is 567 g/mol. The first-order valence-electron chi connectivity index (χ1n) is 12.9. The zero-order valence-corrected chi connectivity index (χ0v) is 24.6. The minimum absolute atomic E-state index is 0. The molecule has 0 bridgehead atoms. The first-order valence-corrected chi connectivity index (χ1v) is 14.3. The van der Waals surface area contributed by atoms with Gasteiger partial charge >= 0.3 is 24.8 Å². The third-order valence-corrected chi connectivity index (χ3v) is 7.15. The van der Waals surface area contributed by atoms with Crippen molar-refractivity contribution in [3.05, 3.63) is 101 Å². The zero-order chi connectivity index (χ0) is 28.5. The molecular weight excluding hydrogens is 533 g/mol. The maximum atomic E-state index is 13.3. The number of nitrogens with one attached hydrogen (secondary N) is 1. The average molecular weight is 568 g/mol. The van der Waals surface area contributed by atoms with Crippen molar-refractivity contribution in [2.45, 2.75) is 32.6 Å². The number of methoxy groups -OCH3 is 1. The number of ether oxygens (including phenoxy) is 2. The molecule has 0 spiro atoms. The molecule has 210 valence electrons. The standard InChI is InChI=1S/C32H33NO6S.Li.H/c1-21-7-4-5-10-26(21)28-17-22(11-13-27(28)31(34)33-29(32(35)36)15-16-40-3)19-38-20-25-12-14-30(39-25)23-8-6-9-24(18-23)37-2;;/h4-14,17-18,29H,15-16,19-20H2,1-3H3,(H,33,34)(H,35,36);;/q;+1;-1. The SMILES string of the molecule is COc1cccc(-c2ccc(COCc3ccc(C(=O)NC(CCSC)C(=O)O)c(-c4ccccc4C)c3)o2)c1.[H-].[Li+]. The first-order chi connectivity index (χ1) is 19.4. The van der Waals surface area contributed by atoms with Crippen LogP contribution in [0.1, 0.15) is 35.1 Å². The fourth-order valence-corrected chi connectivity index (χ4v) is 4.83. The minimum atomic E-state index is -1.04. The van der Waals surface area contributed by atoms with Gasteiger partial charge in [0.05, 0.1) is 13.7 Å². The summed E-state index contributed by atoms with van der Waals surface area (Å²) in [7, 11) is 1.63. The molecule has 41 heavy (non-hydrogen) atoms. The summed E-state index contributed by atoms with van der Waals surface area (Å²) < 4.78 is 17.2. The van der Waals surface area contributed by atoms with Crippen LogP contribution in [0.4, 0.5) is 0 Å². The van der Waals surface area contributed by atoms with Gasteiger partial charge in [-0.05, 0) is 84.0 Å². The summed E-state index contributed by atoms with van der Waals surface area (Å²) >= 11 is 1.54. The molecule has 2 N–H and O–H groups in total. The molecule has 7 nitrogen and oxygen atoms in total. The van der Waals surface area contributed by atoms with Gasteiger partial charge in [-0.1, -0.05) is 42.5 Å². The third-order valence-electron chi connectivity index (χ3n) is 6.51. The number of benzene rings is 3. The molecule has 1 atom stereocenters. The molecule has 0 fully saturated rings. The Kier molecular flexibility index (Phi) is 12.2. The van der Waals surface area contributed by atoms with Crippen molar-refractivity contribution in [3.8, 4) is 28.2 Å². The molecule has 1 aromatic heterocycles. The van der Waals surface area contributed by atoms with Gasteiger partial charge in [0.2, 0.25) is 0 Å². The molecule has 0 aliphatic carbocycles. The summed E-state index contributed by atoms with van der Waals surface area (Å²) in [6, 6.07) is 23.8. The number of hydrogen-bond acceptors (Lipinski definition) is 6. The van der Waals surface area contributed by atoms with Crippen LogP contribution in [0.2, 0.25) is 0 Å². The third kappa shape index (κ3) is 8.54. The van der Waals surface area contributed by atoms with Gasteiger partial charge in [-0.15, -0.1) is 0 Å². The zero-order valence-electron chi connectivity index (χ0n) is 24.8. The van der Waals surface area contributed by atoms with Crippen molar-refractivity contribution in [2.24, 2.45) is 0 Å². The Morgan fingerprint density at radius 3 is 2.54 bits per heavy atom. The smallest absolute Gasteiger partial charge is 1.00 e. The second kappa shape index (κ2) is 15.6. The largest absolute Gasteiger partial charge is 1.00 e. The molecule has 1 unspecified atom stereocenters. The van der Waals surface area contributed by atoms with E-state index < -0.39 is 17.9 Å². The molecule has 0 aliphatic heterocycles. The second-order valence-electron chi connectivity index (χ2n) is 9.33. The van der Waals surface area contributed by atoms with Crippen LogP contribution in [-0.2, 0) is 22.7 Å². The van der Waals surface area contributed by atoms with Crippen molar-refractivity contribution in [3.63, 3.8) is 0 Å². The Hall–Kier alpha value is -3.41. The predicted molar refractivity (Wildman–Crippen MR) is 159 cm³/mol. The van der Waals surface area contributed by atoms with Gasteiger partial charge in [0.1, 0.15) is 29.9 Å². The van der Waals surface area contributed by atoms with Crippen LogP contribution < -0.4 is 28.9 Å². The fourth-order valence-electron chi connectivity index (χ4n) is 4.36. The Morgan fingerprint density at radius 1 is 1.00 bits per heavy atom. The summed E-state index contributed by atoms with van der Waals surface area (Å²) in [5.41, 5.74) is 4.85. The summed E-state index contributed by atoms with van der Waals surface area (Å²) in [5.74, 6) is 1.35. The number of aliphatic carboxylic acids is 1. The number of aryl methyl sites for hydroxylation is 1. The molecule has 0 radical (unpaired) electrons. The summed E-state index contributed by atoms with van der Waals surface area (Å²) in [4.78, 5) is 25.0. The van der Waals surface area contributed by atoms with Crippen molar-refractivity contribution in [1.82, 2.24) is 5.32 Å². The number of carboxylic acids is 1. The van der Waals surface area contributed by atoms with Crippen LogP contribution in [0.15, 0.2) is 83.3 Å². The topological polar surface area (TPSA) is 98.0 Å². The maximum absolute atomic E-state index is 13.3. The summed E-state index contributed by atoms with van der Waals surface area (Å²) in [6.07, 6.45) is 2.25. The van der Waals surface area contributed by atoms with Crippen LogP contribution in [0.5, 0.6) is 5.75 Å². The van der Waals surface area contributed by atoms with E-state index in [9.17, 15) is 14.7 Å². The van der Waals surface area contributed by atoms with Gasteiger partial charge in [0.15, 0.2) is 0 Å². The summed E-state index contributed by atoms with van der Waals surface area (Å²) in [6.45, 7) is 2.57. The van der Waals surface area contributed by atoms with E-state index >= 15 is 0 Å². The van der Waals surface area contributed by atoms with E-state index in [1.165, 1.54) is 0 Å². The molecule has 0 saturated carbocycles. The molecule has 0 aliphatic rings. The fraction of sp³-hybridized carbons (Fsp3) is 0.250. The molecule has 1 heterocycles. The molecule has 4 aromatic rings. The number of thioether (sulfide) groups is 1. The van der Waals surface area contributed by atoms with Crippen LogP contribution in [0, 0.1) is 6.92 Å². The van der Waals surface area contributed by atoms with Crippen molar-refractivity contribution in [2.75, 3.05) is 19.1 Å². The van der Waals surface area contributed by atoms with Gasteiger partial charge in [-0.2, -0.15) is 11.8 Å². The van der Waals surface area contributed by atoms with Crippen molar-refractivity contribution < 1.29 is 48.9 Å². The van der Waals surface area contributed by atoms with Crippen LogP contribution in [-0.4, -0.2) is 42.1 Å². The van der Waals surface area contributed by atoms with E-state index in [1.807, 2.05) is 86.0 Å². The minimum Gasteiger partial charge on any atom is -1.00 e. The van der Waals surface area contributed by atoms with Crippen LogP contribution in [0.3, 0.4) is 0 Å². The molecule has 4 rings (SSSR count). The Balaban J connectivity index is 0.00000308. The van der Waals surface area contributed by atoms with Gasteiger partial charge in [0.25, 0.3) is 5.91 Å². The van der Waals surface area contributed by atoms with Crippen molar-refractivity contribution in [1.29, 1.82) is 0 Å². The quantitative estimate of drug-likeness (QED) is 0.238. The first kappa shape index (κ1) is 32.1. The Bertz CT molecular complexity index is 1480. The average Bonchev–Trinajstić information content (AvgIpc) is 3.44. The van der Waals surface area contributed by atoms with E-state index in [1.54, 1.807) is 24.9 Å². The maximum Gasteiger partial charge on any atom is 1.00 e. The number of carbonyl (C=O) groups excluding carboxylic acids is 1. The van der Waals surface area contributed by atoms with E-state index in [2.05, 4.69) is 5.32 Å². The number of furan rings is 1. The molecule has 0 saturated heterocycles. The molecule has 3 aromatic carbocycles. The molecular formula is C32H34LiNO6S. The van der Waals surface area contributed by atoms with E-state index in [0.717, 1.165) is 39.3 Å². The number of hydrogen-bond donors (Lipinski definition) is 2.